The minimum absolute atomic E-state index is 0.00262. The van der Waals surface area contributed by atoms with E-state index in [9.17, 15) is 24.8 Å². The Morgan fingerprint density at radius 1 is 1.18 bits per heavy atom. The lowest BCUT2D eigenvalue weighted by Crippen LogP contribution is -2.36. The minimum Gasteiger partial charge on any atom is -0.500 e. The van der Waals surface area contributed by atoms with Crippen LogP contribution in [0, 0.1) is 10.1 Å². The average Bonchev–Trinajstić information content (AvgIpc) is 3.47. The minimum atomic E-state index is -0.984. The number of methoxy groups -OCH3 is 1. The van der Waals surface area contributed by atoms with Crippen molar-refractivity contribution in [3.63, 3.8) is 0 Å². The summed E-state index contributed by atoms with van der Waals surface area (Å²) in [4.78, 5) is 38.3. The topological polar surface area (TPSA) is 141 Å². The summed E-state index contributed by atoms with van der Waals surface area (Å²) in [6.45, 7) is 1.70. The maximum absolute atomic E-state index is 13.7. The number of hydrogen-bond acceptors (Lipinski definition) is 9. The molecule has 0 unspecified atom stereocenters. The summed E-state index contributed by atoms with van der Waals surface area (Å²) < 4.78 is 16.4. The largest absolute Gasteiger partial charge is 0.500 e. The van der Waals surface area contributed by atoms with E-state index in [0.29, 0.717) is 29.1 Å². The highest BCUT2D eigenvalue weighted by atomic mass is 16.6. The molecule has 2 aliphatic rings. The van der Waals surface area contributed by atoms with Crippen molar-refractivity contribution in [1.82, 2.24) is 5.32 Å². The third-order valence-electron chi connectivity index (χ3n) is 7.03. The molecule has 39 heavy (non-hydrogen) atoms. The summed E-state index contributed by atoms with van der Waals surface area (Å²) in [7, 11) is 1.27. The lowest BCUT2D eigenvalue weighted by atomic mass is 9.72. The van der Waals surface area contributed by atoms with Crippen molar-refractivity contribution < 1.29 is 33.5 Å². The van der Waals surface area contributed by atoms with Crippen LogP contribution in [-0.4, -0.2) is 28.9 Å². The zero-order valence-electron chi connectivity index (χ0n) is 21.3. The number of benzene rings is 2. The Bertz CT molecular complexity index is 1510. The lowest BCUT2D eigenvalue weighted by Gasteiger charge is -2.36. The van der Waals surface area contributed by atoms with Crippen LogP contribution in [0.3, 0.4) is 0 Å². The Hall–Kier alpha value is -4.86. The van der Waals surface area contributed by atoms with E-state index in [1.807, 2.05) is 36.4 Å². The number of nitrogens with one attached hydrogen (secondary N) is 1. The zero-order chi connectivity index (χ0) is 27.7. The van der Waals surface area contributed by atoms with Gasteiger partial charge in [-0.25, -0.2) is 4.79 Å². The summed E-state index contributed by atoms with van der Waals surface area (Å²) >= 11 is 0. The van der Waals surface area contributed by atoms with Gasteiger partial charge < -0.3 is 24.3 Å². The van der Waals surface area contributed by atoms with Crippen LogP contribution < -0.4 is 10.1 Å². The van der Waals surface area contributed by atoms with Crippen molar-refractivity contribution in [3.05, 3.63) is 110 Å². The first kappa shape index (κ1) is 25.8. The van der Waals surface area contributed by atoms with Gasteiger partial charge in [-0.2, -0.15) is 0 Å². The van der Waals surface area contributed by atoms with Crippen LogP contribution in [0.15, 0.2) is 87.8 Å². The molecule has 0 radical (unpaired) electrons. The molecule has 2 N–H and O–H groups in total. The van der Waals surface area contributed by atoms with Crippen LogP contribution in [0.5, 0.6) is 11.5 Å². The number of hydrogen-bond donors (Lipinski definition) is 2. The van der Waals surface area contributed by atoms with Crippen LogP contribution in [0.4, 0.5) is 5.69 Å². The van der Waals surface area contributed by atoms with Crippen LogP contribution in [-0.2, 0) is 20.9 Å². The molecule has 0 amide bonds. The third kappa shape index (κ3) is 4.88. The molecule has 5 rings (SSSR count). The number of ether oxygens (including phenoxy) is 2. The quantitative estimate of drug-likeness (QED) is 0.245. The fourth-order valence-electron chi connectivity index (χ4n) is 5.24. The predicted molar refractivity (Wildman–Crippen MR) is 139 cm³/mol. The summed E-state index contributed by atoms with van der Waals surface area (Å²) in [5, 5.41) is 25.4. The van der Waals surface area contributed by atoms with Gasteiger partial charge in [0.25, 0.3) is 0 Å². The van der Waals surface area contributed by atoms with Crippen molar-refractivity contribution in [2.24, 2.45) is 0 Å². The van der Waals surface area contributed by atoms with E-state index in [0.717, 1.165) is 5.56 Å². The number of nitro groups is 1. The zero-order valence-corrected chi connectivity index (χ0v) is 21.3. The first-order valence-corrected chi connectivity index (χ1v) is 12.3. The Balaban J connectivity index is 1.61. The fourth-order valence-corrected chi connectivity index (χ4v) is 5.24. The van der Waals surface area contributed by atoms with Gasteiger partial charge in [-0.05, 0) is 42.7 Å². The van der Waals surface area contributed by atoms with E-state index < -0.39 is 28.2 Å². The van der Waals surface area contributed by atoms with Gasteiger partial charge in [0.1, 0.15) is 12.4 Å². The number of furan rings is 1. The Morgan fingerprint density at radius 3 is 2.62 bits per heavy atom. The number of esters is 1. The standard InChI is InChI=1S/C29H26N2O8/c1-16-25(29(34)39-15-17-7-4-3-5-8-17)26(19-12-21(31(35)36)28(33)24(14-19)37-2)27-20(30-16)11-18(13-22(27)32)23-9-6-10-38-23/h3-10,12,14,18,26,30,33H,11,13,15H2,1-2H3/t18-,26-/m1/s1. The van der Waals surface area contributed by atoms with Gasteiger partial charge in [-0.15, -0.1) is 0 Å². The first-order chi connectivity index (χ1) is 18.8. The molecular formula is C29H26N2O8. The Morgan fingerprint density at radius 2 is 1.95 bits per heavy atom. The molecule has 2 aromatic carbocycles. The highest BCUT2D eigenvalue weighted by Crippen LogP contribution is 2.48. The summed E-state index contributed by atoms with van der Waals surface area (Å²) in [5.74, 6) is -2.21. The number of rotatable bonds is 7. The van der Waals surface area contributed by atoms with E-state index in [2.05, 4.69) is 5.32 Å². The lowest BCUT2D eigenvalue weighted by molar-refractivity contribution is -0.386. The maximum atomic E-state index is 13.7. The van der Waals surface area contributed by atoms with Gasteiger partial charge in [-0.1, -0.05) is 30.3 Å². The Kier molecular flexibility index (Phi) is 6.93. The van der Waals surface area contributed by atoms with Crippen molar-refractivity contribution in [2.75, 3.05) is 7.11 Å². The van der Waals surface area contributed by atoms with Crippen LogP contribution in [0.25, 0.3) is 0 Å². The molecule has 200 valence electrons. The smallest absolute Gasteiger partial charge is 0.337 e. The number of nitro benzene ring substituents is 1. The van der Waals surface area contributed by atoms with Gasteiger partial charge in [-0.3, -0.25) is 14.9 Å². The van der Waals surface area contributed by atoms with E-state index in [1.165, 1.54) is 19.2 Å². The van der Waals surface area contributed by atoms with E-state index in [1.54, 1.807) is 19.3 Å². The van der Waals surface area contributed by atoms with Crippen LogP contribution >= 0.6 is 0 Å². The molecule has 0 fully saturated rings. The number of allylic oxidation sites excluding steroid dienone is 3. The average molecular weight is 531 g/mol. The molecule has 2 heterocycles. The number of ketones is 1. The second kappa shape index (κ2) is 10.5. The normalized spacial score (nSPS) is 18.9. The van der Waals surface area contributed by atoms with Gasteiger partial charge in [0.15, 0.2) is 11.5 Å². The number of carbonyl (C=O) groups excluding carboxylic acids is 2. The fraction of sp³-hybridized carbons (Fsp3) is 0.241. The van der Waals surface area contributed by atoms with Crippen LogP contribution in [0.2, 0.25) is 0 Å². The number of phenolic OH excluding ortho intramolecular Hbond substituents is 1. The molecule has 0 saturated heterocycles. The van der Waals surface area contributed by atoms with Gasteiger partial charge in [0, 0.05) is 41.3 Å². The van der Waals surface area contributed by atoms with Gasteiger partial charge >= 0.3 is 11.7 Å². The molecule has 1 aliphatic heterocycles. The monoisotopic (exact) mass is 530 g/mol. The number of dihydropyridines is 1. The van der Waals surface area contributed by atoms with Crippen LogP contribution in [0.1, 0.15) is 48.5 Å². The van der Waals surface area contributed by atoms with Crippen molar-refractivity contribution >= 4 is 17.4 Å². The summed E-state index contributed by atoms with van der Waals surface area (Å²) in [6, 6.07) is 15.3. The maximum Gasteiger partial charge on any atom is 0.337 e. The highest BCUT2D eigenvalue weighted by Gasteiger charge is 2.43. The molecule has 0 bridgehead atoms. The molecule has 10 heteroatoms. The summed E-state index contributed by atoms with van der Waals surface area (Å²) in [5.41, 5.74) is 1.95. The third-order valence-corrected chi connectivity index (χ3v) is 7.03. The highest BCUT2D eigenvalue weighted by molar-refractivity contribution is 6.04. The summed E-state index contributed by atoms with van der Waals surface area (Å²) in [6.07, 6.45) is 2.12. The molecule has 0 spiro atoms. The molecule has 1 aliphatic carbocycles. The van der Waals surface area contributed by atoms with Gasteiger partial charge in [0.2, 0.25) is 5.75 Å². The Labute approximate surface area is 223 Å². The molecule has 10 nitrogen and oxygen atoms in total. The number of Topliss-reactive ketones (excluding diaryl/α,β-unsaturated/α-hetero) is 1. The number of nitrogens with zero attached hydrogens (tertiary/aromatic N) is 1. The molecule has 2 atom stereocenters. The van der Waals surface area contributed by atoms with E-state index in [-0.39, 0.29) is 41.6 Å². The second-order valence-electron chi connectivity index (χ2n) is 9.44. The van der Waals surface area contributed by atoms with Gasteiger partial charge in [0.05, 0.1) is 23.9 Å². The second-order valence-corrected chi connectivity index (χ2v) is 9.44. The molecule has 0 saturated carbocycles. The molecule has 3 aromatic rings. The van der Waals surface area contributed by atoms with Crippen molar-refractivity contribution in [2.45, 2.75) is 38.2 Å². The number of carbonyl (C=O) groups is 2. The van der Waals surface area contributed by atoms with Crippen molar-refractivity contribution in [1.29, 1.82) is 0 Å². The number of phenols is 1. The predicted octanol–water partition coefficient (Wildman–Crippen LogP) is 5.01. The van der Waals surface area contributed by atoms with E-state index in [4.69, 9.17) is 13.9 Å². The molecule has 1 aromatic heterocycles. The first-order valence-electron chi connectivity index (χ1n) is 12.3. The van der Waals surface area contributed by atoms with E-state index >= 15 is 0 Å². The van der Waals surface area contributed by atoms with Crippen molar-refractivity contribution in [3.8, 4) is 11.5 Å². The molecular weight excluding hydrogens is 504 g/mol. The number of aromatic hydroxyl groups is 1. The SMILES string of the molecule is COc1cc([C@@H]2C(C(=O)OCc3ccccc3)=C(C)NC3=C2C(=O)C[C@H](c2ccco2)C3)cc([N+](=O)[O-])c1O.